The van der Waals surface area contributed by atoms with Gasteiger partial charge >= 0.3 is 6.01 Å². The van der Waals surface area contributed by atoms with Crippen LogP contribution in [0.25, 0.3) is 32.8 Å². The summed E-state index contributed by atoms with van der Waals surface area (Å²) in [5.74, 6) is 0.0223. The van der Waals surface area contributed by atoms with Crippen molar-refractivity contribution in [2.45, 2.75) is 51.2 Å². The van der Waals surface area contributed by atoms with E-state index in [1.807, 2.05) is 44.2 Å². The third-order valence-corrected chi connectivity index (χ3v) is 7.50. The fourth-order valence-electron chi connectivity index (χ4n) is 5.88. The number of nitrogens with zero attached hydrogens (tertiary/aromatic N) is 3. The number of aromatic nitrogens is 2. The SMILES string of the molecule is CC(=O)NC(C)(C)COc1nc(N2CC3CCC(C2)N3)c2ccc(-c3cc(O)cc4ccccc34)c(F)c2n1. The number of amides is 1. The molecule has 0 spiro atoms. The molecule has 2 saturated heterocycles. The van der Waals surface area contributed by atoms with Gasteiger partial charge in [0.15, 0.2) is 5.82 Å². The van der Waals surface area contributed by atoms with Crippen LogP contribution in [0.1, 0.15) is 33.6 Å². The Morgan fingerprint density at radius 1 is 1.10 bits per heavy atom. The third kappa shape index (κ3) is 4.94. The van der Waals surface area contributed by atoms with Gasteiger partial charge < -0.3 is 25.4 Å². The van der Waals surface area contributed by atoms with Gasteiger partial charge in [-0.05, 0) is 61.2 Å². The Kier molecular flexibility index (Phi) is 6.26. The van der Waals surface area contributed by atoms with Crippen molar-refractivity contribution in [3.8, 4) is 22.9 Å². The summed E-state index contributed by atoms with van der Waals surface area (Å²) in [5, 5.41) is 19.1. The Morgan fingerprint density at radius 3 is 2.59 bits per heavy atom. The second-order valence-corrected chi connectivity index (χ2v) is 11.3. The Hall–Kier alpha value is -3.98. The van der Waals surface area contributed by atoms with Gasteiger partial charge in [0.2, 0.25) is 5.91 Å². The first kappa shape index (κ1) is 25.3. The lowest BCUT2D eigenvalue weighted by atomic mass is 9.96. The molecule has 1 aromatic heterocycles. The van der Waals surface area contributed by atoms with Crippen LogP contribution < -0.4 is 20.3 Å². The Morgan fingerprint density at radius 2 is 1.85 bits per heavy atom. The number of ether oxygens (including phenoxy) is 1. The summed E-state index contributed by atoms with van der Waals surface area (Å²) >= 11 is 0. The number of hydrogen-bond acceptors (Lipinski definition) is 7. The molecule has 2 atom stereocenters. The van der Waals surface area contributed by atoms with Crippen LogP contribution in [-0.2, 0) is 4.79 Å². The number of piperazine rings is 1. The molecule has 2 bridgehead atoms. The zero-order chi connectivity index (χ0) is 27.3. The highest BCUT2D eigenvalue weighted by Gasteiger charge is 2.34. The van der Waals surface area contributed by atoms with Gasteiger partial charge in [-0.1, -0.05) is 30.3 Å². The van der Waals surface area contributed by atoms with E-state index in [0.29, 0.717) is 34.4 Å². The molecular formula is C30H32FN5O3. The standard InChI is InChI=1S/C30H32FN5O3/c1-17(37)35-30(2,3)16-39-29-33-27-24(28(34-29)36-14-19-8-9-20(15-36)32-19)11-10-23(26(27)31)25-13-21(38)12-18-6-4-5-7-22(18)25/h4-7,10-13,19-20,32,38H,8-9,14-16H2,1-3H3,(H,35,37). The second kappa shape index (κ2) is 9.64. The molecule has 39 heavy (non-hydrogen) atoms. The molecule has 2 aliphatic rings. The van der Waals surface area contributed by atoms with Gasteiger partial charge in [-0.15, -0.1) is 0 Å². The molecule has 3 heterocycles. The number of halogens is 1. The lowest BCUT2D eigenvalue weighted by Crippen LogP contribution is -2.51. The molecule has 3 aromatic carbocycles. The number of phenols is 1. The molecule has 2 unspecified atom stereocenters. The summed E-state index contributed by atoms with van der Waals surface area (Å²) in [6.45, 7) is 6.78. The van der Waals surface area contributed by atoms with Crippen molar-refractivity contribution in [3.05, 3.63) is 54.3 Å². The Labute approximate surface area is 226 Å². The molecule has 3 N–H and O–H groups in total. The number of carbonyl (C=O) groups is 1. The van der Waals surface area contributed by atoms with E-state index in [0.717, 1.165) is 36.7 Å². The number of carbonyl (C=O) groups excluding carboxylic acids is 1. The molecule has 8 nitrogen and oxygen atoms in total. The van der Waals surface area contributed by atoms with Crippen LogP contribution >= 0.6 is 0 Å². The van der Waals surface area contributed by atoms with Crippen LogP contribution in [0.2, 0.25) is 0 Å². The van der Waals surface area contributed by atoms with Gasteiger partial charge in [-0.2, -0.15) is 9.97 Å². The van der Waals surface area contributed by atoms with E-state index < -0.39 is 11.4 Å². The van der Waals surface area contributed by atoms with Crippen LogP contribution in [0.3, 0.4) is 0 Å². The predicted molar refractivity (Wildman–Crippen MR) is 150 cm³/mol. The van der Waals surface area contributed by atoms with Crippen molar-refractivity contribution in [1.82, 2.24) is 20.6 Å². The van der Waals surface area contributed by atoms with Crippen molar-refractivity contribution >= 4 is 33.4 Å². The molecule has 202 valence electrons. The number of nitrogens with one attached hydrogen (secondary N) is 2. The first-order chi connectivity index (χ1) is 18.7. The lowest BCUT2D eigenvalue weighted by molar-refractivity contribution is -0.120. The van der Waals surface area contributed by atoms with Crippen molar-refractivity contribution in [1.29, 1.82) is 0 Å². The maximum atomic E-state index is 16.4. The van der Waals surface area contributed by atoms with E-state index in [1.54, 1.807) is 18.2 Å². The first-order valence-corrected chi connectivity index (χ1v) is 13.3. The van der Waals surface area contributed by atoms with Crippen LogP contribution in [0.15, 0.2) is 48.5 Å². The second-order valence-electron chi connectivity index (χ2n) is 11.3. The topological polar surface area (TPSA) is 99.6 Å². The normalized spacial score (nSPS) is 19.0. The zero-order valence-corrected chi connectivity index (χ0v) is 22.3. The summed E-state index contributed by atoms with van der Waals surface area (Å²) < 4.78 is 22.4. The Balaban J connectivity index is 1.48. The van der Waals surface area contributed by atoms with Crippen LogP contribution in [0.4, 0.5) is 10.2 Å². The summed E-state index contributed by atoms with van der Waals surface area (Å²) in [5.41, 5.74) is 0.409. The minimum absolute atomic E-state index is 0.0543. The van der Waals surface area contributed by atoms with Crippen LogP contribution in [0, 0.1) is 5.82 Å². The molecule has 0 aliphatic carbocycles. The fraction of sp³-hybridized carbons (Fsp3) is 0.367. The first-order valence-electron chi connectivity index (χ1n) is 13.3. The minimum atomic E-state index is -0.667. The number of hydrogen-bond donors (Lipinski definition) is 3. The number of aromatic hydroxyl groups is 1. The molecule has 0 saturated carbocycles. The van der Waals surface area contributed by atoms with Crippen molar-refractivity contribution < 1.29 is 19.0 Å². The summed E-state index contributed by atoms with van der Waals surface area (Å²) in [6, 6.07) is 15.2. The summed E-state index contributed by atoms with van der Waals surface area (Å²) in [4.78, 5) is 23.1. The van der Waals surface area contributed by atoms with Gasteiger partial charge in [-0.3, -0.25) is 4.79 Å². The number of phenolic OH excluding ortho intramolecular Hbond substituents is 1. The third-order valence-electron chi connectivity index (χ3n) is 7.50. The largest absolute Gasteiger partial charge is 0.508 e. The van der Waals surface area contributed by atoms with Gasteiger partial charge in [0.25, 0.3) is 0 Å². The number of fused-ring (bicyclic) bond motifs is 4. The van der Waals surface area contributed by atoms with E-state index in [-0.39, 0.29) is 29.8 Å². The van der Waals surface area contributed by atoms with Crippen LogP contribution in [0.5, 0.6) is 11.8 Å². The summed E-state index contributed by atoms with van der Waals surface area (Å²) in [7, 11) is 0. The molecule has 2 aliphatic heterocycles. The highest BCUT2D eigenvalue weighted by molar-refractivity contribution is 6.01. The maximum Gasteiger partial charge on any atom is 0.319 e. The monoisotopic (exact) mass is 529 g/mol. The Bertz CT molecular complexity index is 1580. The number of rotatable bonds is 6. The predicted octanol–water partition coefficient (Wildman–Crippen LogP) is 4.53. The molecule has 0 radical (unpaired) electrons. The maximum absolute atomic E-state index is 16.4. The zero-order valence-electron chi connectivity index (χ0n) is 22.3. The fourth-order valence-corrected chi connectivity index (χ4v) is 5.88. The van der Waals surface area contributed by atoms with E-state index in [4.69, 9.17) is 9.72 Å². The average Bonchev–Trinajstić information content (AvgIpc) is 3.23. The molecule has 6 rings (SSSR count). The van der Waals surface area contributed by atoms with Gasteiger partial charge in [0.1, 0.15) is 23.7 Å². The average molecular weight is 530 g/mol. The smallest absolute Gasteiger partial charge is 0.319 e. The van der Waals surface area contributed by atoms with Gasteiger partial charge in [0, 0.05) is 43.0 Å². The highest BCUT2D eigenvalue weighted by Crippen LogP contribution is 2.39. The van der Waals surface area contributed by atoms with Crippen molar-refractivity contribution in [3.63, 3.8) is 0 Å². The van der Waals surface area contributed by atoms with E-state index >= 15 is 4.39 Å². The number of benzene rings is 3. The van der Waals surface area contributed by atoms with E-state index in [2.05, 4.69) is 20.5 Å². The van der Waals surface area contributed by atoms with Gasteiger partial charge in [0.05, 0.1) is 5.54 Å². The van der Waals surface area contributed by atoms with E-state index in [9.17, 15) is 9.90 Å². The van der Waals surface area contributed by atoms with Crippen molar-refractivity contribution in [2.75, 3.05) is 24.6 Å². The summed E-state index contributed by atoms with van der Waals surface area (Å²) in [6.07, 6.45) is 2.20. The lowest BCUT2D eigenvalue weighted by Gasteiger charge is -2.34. The van der Waals surface area contributed by atoms with Crippen LogP contribution in [-0.4, -0.2) is 58.3 Å². The molecule has 4 aromatic rings. The molecular weight excluding hydrogens is 497 g/mol. The molecule has 9 heteroatoms. The molecule has 2 fully saturated rings. The molecule has 1 amide bonds. The highest BCUT2D eigenvalue weighted by atomic mass is 19.1. The quantitative estimate of drug-likeness (QED) is 0.338. The minimum Gasteiger partial charge on any atom is -0.508 e. The van der Waals surface area contributed by atoms with E-state index in [1.165, 1.54) is 6.92 Å². The number of anilines is 1. The van der Waals surface area contributed by atoms with Gasteiger partial charge in [-0.25, -0.2) is 4.39 Å². The van der Waals surface area contributed by atoms with Crippen molar-refractivity contribution in [2.24, 2.45) is 0 Å².